The van der Waals surface area contributed by atoms with Crippen LogP contribution in [0.1, 0.15) is 15.9 Å². The zero-order valence-electron chi connectivity index (χ0n) is 10.5. The summed E-state index contributed by atoms with van der Waals surface area (Å²) >= 11 is 11.4. The number of carbonyl (C=O) groups excluding carboxylic acids is 1. The van der Waals surface area contributed by atoms with E-state index in [0.29, 0.717) is 5.75 Å². The molecule has 5 nitrogen and oxygen atoms in total. The summed E-state index contributed by atoms with van der Waals surface area (Å²) in [6, 6.07) is 8.50. The van der Waals surface area contributed by atoms with Crippen LogP contribution in [-0.4, -0.2) is 23.3 Å². The highest BCUT2D eigenvalue weighted by Crippen LogP contribution is 2.18. The highest BCUT2D eigenvalue weighted by Gasteiger charge is 2.14. The number of nitrogens with zero attached hydrogens (tertiary/aromatic N) is 2. The second-order valence-electron chi connectivity index (χ2n) is 3.80. The molecular weight excluding hydrogens is 303 g/mol. The van der Waals surface area contributed by atoms with Crippen molar-refractivity contribution in [3.8, 4) is 5.75 Å². The van der Waals surface area contributed by atoms with E-state index in [-0.39, 0.29) is 22.5 Å². The lowest BCUT2D eigenvalue weighted by Crippen LogP contribution is -2.07. The average molecular weight is 313 g/mol. The molecule has 0 fully saturated rings. The van der Waals surface area contributed by atoms with Gasteiger partial charge in [-0.3, -0.25) is 0 Å². The lowest BCUT2D eigenvalue weighted by molar-refractivity contribution is 0.0472. The summed E-state index contributed by atoms with van der Waals surface area (Å²) < 4.78 is 10.2. The fourth-order valence-electron chi connectivity index (χ4n) is 1.49. The average Bonchev–Trinajstić information content (AvgIpc) is 2.47. The first kappa shape index (κ1) is 14.6. The first-order chi connectivity index (χ1) is 9.60. The molecule has 2 aromatic rings. The lowest BCUT2D eigenvalue weighted by atomic mass is 10.2. The van der Waals surface area contributed by atoms with Gasteiger partial charge in [0.05, 0.1) is 7.11 Å². The van der Waals surface area contributed by atoms with Crippen LogP contribution in [0.2, 0.25) is 10.3 Å². The minimum atomic E-state index is -0.616. The molecule has 0 amide bonds. The van der Waals surface area contributed by atoms with E-state index in [2.05, 4.69) is 10.2 Å². The molecular formula is C13H10Cl2N2O3. The van der Waals surface area contributed by atoms with Gasteiger partial charge in [0, 0.05) is 0 Å². The maximum absolute atomic E-state index is 11.9. The van der Waals surface area contributed by atoms with Crippen molar-refractivity contribution in [1.29, 1.82) is 0 Å². The summed E-state index contributed by atoms with van der Waals surface area (Å²) in [5.41, 5.74) is 0.872. The molecule has 0 radical (unpaired) electrons. The smallest absolute Gasteiger partial charge is 0.341 e. The summed E-state index contributed by atoms with van der Waals surface area (Å²) in [6.45, 7) is 0.0896. The van der Waals surface area contributed by atoms with E-state index in [4.69, 9.17) is 32.7 Å². The molecule has 2 rings (SSSR count). The van der Waals surface area contributed by atoms with Crippen molar-refractivity contribution in [2.45, 2.75) is 6.61 Å². The molecule has 0 unspecified atom stereocenters. The van der Waals surface area contributed by atoms with Gasteiger partial charge in [-0.1, -0.05) is 35.3 Å². The molecule has 0 aliphatic rings. The van der Waals surface area contributed by atoms with Gasteiger partial charge < -0.3 is 9.47 Å². The van der Waals surface area contributed by atoms with Crippen molar-refractivity contribution in [3.05, 3.63) is 51.8 Å². The van der Waals surface area contributed by atoms with Crippen LogP contribution in [0.5, 0.6) is 5.75 Å². The third-order valence-electron chi connectivity index (χ3n) is 2.44. The first-order valence-corrected chi connectivity index (χ1v) is 6.34. The number of methoxy groups -OCH3 is 1. The van der Waals surface area contributed by atoms with Crippen LogP contribution in [-0.2, 0) is 11.3 Å². The van der Waals surface area contributed by atoms with E-state index in [1.54, 1.807) is 25.3 Å². The molecule has 1 aromatic heterocycles. The predicted octanol–water partition coefficient (Wildman–Crippen LogP) is 3.15. The Balaban J connectivity index is 2.06. The Labute approximate surface area is 125 Å². The predicted molar refractivity (Wildman–Crippen MR) is 74.2 cm³/mol. The van der Waals surface area contributed by atoms with Gasteiger partial charge in [0.2, 0.25) is 0 Å². The minimum Gasteiger partial charge on any atom is -0.497 e. The molecule has 0 N–H and O–H groups in total. The van der Waals surface area contributed by atoms with E-state index in [9.17, 15) is 4.79 Å². The number of halogens is 2. The zero-order valence-corrected chi connectivity index (χ0v) is 12.0. The Morgan fingerprint density at radius 1 is 1.25 bits per heavy atom. The number of ether oxygens (including phenoxy) is 2. The standard InChI is InChI=1S/C13H10Cl2N2O3/c1-19-9-4-2-3-8(5-9)7-20-13(18)10-6-11(14)16-17-12(10)15/h2-6H,7H2,1H3. The highest BCUT2D eigenvalue weighted by molar-refractivity contribution is 6.33. The number of hydrogen-bond donors (Lipinski definition) is 0. The largest absolute Gasteiger partial charge is 0.497 e. The van der Waals surface area contributed by atoms with Crippen LogP contribution in [0.4, 0.5) is 0 Å². The SMILES string of the molecule is COc1cccc(COC(=O)c2cc(Cl)nnc2Cl)c1. The Kier molecular flexibility index (Phi) is 4.76. The number of carbonyl (C=O) groups is 1. The summed E-state index contributed by atoms with van der Waals surface area (Å²) in [5.74, 6) is 0.0693. The van der Waals surface area contributed by atoms with E-state index in [1.165, 1.54) is 6.07 Å². The minimum absolute atomic E-state index is 0.0509. The van der Waals surface area contributed by atoms with Gasteiger partial charge >= 0.3 is 5.97 Å². The Morgan fingerprint density at radius 2 is 2.05 bits per heavy atom. The van der Waals surface area contributed by atoms with Crippen molar-refractivity contribution >= 4 is 29.2 Å². The third-order valence-corrected chi connectivity index (χ3v) is 2.91. The van der Waals surface area contributed by atoms with Crippen molar-refractivity contribution in [3.63, 3.8) is 0 Å². The van der Waals surface area contributed by atoms with Crippen LogP contribution in [0, 0.1) is 0 Å². The topological polar surface area (TPSA) is 61.3 Å². The second kappa shape index (κ2) is 6.54. The van der Waals surface area contributed by atoms with Gasteiger partial charge in [-0.05, 0) is 23.8 Å². The molecule has 1 heterocycles. The van der Waals surface area contributed by atoms with Crippen molar-refractivity contribution in [2.75, 3.05) is 7.11 Å². The molecule has 0 atom stereocenters. The number of esters is 1. The number of rotatable bonds is 4. The molecule has 20 heavy (non-hydrogen) atoms. The van der Waals surface area contributed by atoms with Crippen LogP contribution in [0.25, 0.3) is 0 Å². The molecule has 104 valence electrons. The van der Waals surface area contributed by atoms with Gasteiger partial charge in [-0.15, -0.1) is 10.2 Å². The molecule has 0 bridgehead atoms. The molecule has 0 aliphatic carbocycles. The highest BCUT2D eigenvalue weighted by atomic mass is 35.5. The summed E-state index contributed by atoms with van der Waals surface area (Å²) in [7, 11) is 1.57. The van der Waals surface area contributed by atoms with Crippen LogP contribution in [0.15, 0.2) is 30.3 Å². The Bertz CT molecular complexity index is 635. The van der Waals surface area contributed by atoms with Gasteiger partial charge in [0.15, 0.2) is 10.3 Å². The maximum Gasteiger partial charge on any atom is 0.341 e. The van der Waals surface area contributed by atoms with Crippen LogP contribution < -0.4 is 4.74 Å². The zero-order chi connectivity index (χ0) is 14.5. The maximum atomic E-state index is 11.9. The normalized spacial score (nSPS) is 10.2. The van der Waals surface area contributed by atoms with Crippen molar-refractivity contribution in [2.24, 2.45) is 0 Å². The van der Waals surface area contributed by atoms with E-state index < -0.39 is 5.97 Å². The number of hydrogen-bond acceptors (Lipinski definition) is 5. The molecule has 0 saturated carbocycles. The van der Waals surface area contributed by atoms with E-state index >= 15 is 0 Å². The molecule has 7 heteroatoms. The lowest BCUT2D eigenvalue weighted by Gasteiger charge is -2.07. The van der Waals surface area contributed by atoms with Crippen molar-refractivity contribution < 1.29 is 14.3 Å². The van der Waals surface area contributed by atoms with Gasteiger partial charge in [-0.25, -0.2) is 4.79 Å². The summed E-state index contributed by atoms with van der Waals surface area (Å²) in [6.07, 6.45) is 0. The van der Waals surface area contributed by atoms with E-state index in [0.717, 1.165) is 5.56 Å². The van der Waals surface area contributed by atoms with E-state index in [1.807, 2.05) is 6.07 Å². The molecule has 0 saturated heterocycles. The molecule has 0 spiro atoms. The fourth-order valence-corrected chi connectivity index (χ4v) is 1.80. The number of aromatic nitrogens is 2. The monoisotopic (exact) mass is 312 g/mol. The van der Waals surface area contributed by atoms with Gasteiger partial charge in [0.25, 0.3) is 0 Å². The third kappa shape index (κ3) is 3.59. The quantitative estimate of drug-likeness (QED) is 0.812. The summed E-state index contributed by atoms with van der Waals surface area (Å²) in [5, 5.41) is 7.09. The Morgan fingerprint density at radius 3 is 2.80 bits per heavy atom. The van der Waals surface area contributed by atoms with Crippen LogP contribution >= 0.6 is 23.2 Å². The fraction of sp³-hybridized carbons (Fsp3) is 0.154. The number of benzene rings is 1. The second-order valence-corrected chi connectivity index (χ2v) is 4.54. The molecule has 0 aliphatic heterocycles. The summed E-state index contributed by atoms with van der Waals surface area (Å²) in [4.78, 5) is 11.9. The van der Waals surface area contributed by atoms with Gasteiger partial charge in [0.1, 0.15) is 17.9 Å². The first-order valence-electron chi connectivity index (χ1n) is 5.59. The van der Waals surface area contributed by atoms with Crippen LogP contribution in [0.3, 0.4) is 0 Å². The van der Waals surface area contributed by atoms with Gasteiger partial charge in [-0.2, -0.15) is 0 Å². The molecule has 1 aromatic carbocycles. The Hall–Kier alpha value is -1.85. The van der Waals surface area contributed by atoms with Crippen molar-refractivity contribution in [1.82, 2.24) is 10.2 Å².